The van der Waals surface area contributed by atoms with E-state index in [2.05, 4.69) is 31.3 Å². The van der Waals surface area contributed by atoms with Crippen LogP contribution >= 0.6 is 0 Å². The Morgan fingerprint density at radius 3 is 3.11 bits per heavy atom. The highest BCUT2D eigenvalue weighted by Gasteiger charge is 2.26. The number of H-pyrrole nitrogens is 1. The molecule has 0 saturated carbocycles. The van der Waals surface area contributed by atoms with Crippen LogP contribution in [0, 0.1) is 0 Å². The minimum atomic E-state index is 0.275. The van der Waals surface area contributed by atoms with E-state index < -0.39 is 0 Å². The number of piperidine rings is 1. The van der Waals surface area contributed by atoms with Gasteiger partial charge in [-0.1, -0.05) is 5.16 Å². The number of hydrogen-bond acceptors (Lipinski definition) is 7. The molecule has 1 N–H and O–H groups in total. The Bertz CT molecular complexity index is 890. The maximum atomic E-state index is 5.50. The van der Waals surface area contributed by atoms with E-state index in [9.17, 15) is 0 Å². The predicted octanol–water partition coefficient (Wildman–Crippen LogP) is 2.52. The molecule has 0 radical (unpaired) electrons. The standard InChI is InChI=1S/C19H25N5O3/c1-25-9-7-18-20-19(27-23-18)13-4-3-8-24(11-13)12-17-15-6-5-14(26-2)10-16(15)21-22-17/h5-6,10,13H,3-4,7-9,11-12H2,1-2H3,(H,21,22)/t13-/m0/s1. The maximum absolute atomic E-state index is 5.50. The van der Waals surface area contributed by atoms with Crippen molar-refractivity contribution in [3.05, 3.63) is 35.6 Å². The molecule has 1 atom stereocenters. The summed E-state index contributed by atoms with van der Waals surface area (Å²) in [5.74, 6) is 2.55. The smallest absolute Gasteiger partial charge is 0.231 e. The third-order valence-corrected chi connectivity index (χ3v) is 5.09. The van der Waals surface area contributed by atoms with Gasteiger partial charge in [0.25, 0.3) is 0 Å². The molecule has 2 aromatic heterocycles. The van der Waals surface area contributed by atoms with Gasteiger partial charge in [-0.3, -0.25) is 10.00 Å². The van der Waals surface area contributed by atoms with Crippen molar-refractivity contribution in [2.24, 2.45) is 0 Å². The van der Waals surface area contributed by atoms with E-state index in [1.807, 2.05) is 12.1 Å². The number of likely N-dealkylation sites (tertiary alicyclic amines) is 1. The molecular formula is C19H25N5O3. The first kappa shape index (κ1) is 17.9. The topological polar surface area (TPSA) is 89.3 Å². The first-order chi connectivity index (χ1) is 13.3. The first-order valence-electron chi connectivity index (χ1n) is 9.31. The van der Waals surface area contributed by atoms with Crippen LogP contribution in [0.5, 0.6) is 5.75 Å². The van der Waals surface area contributed by atoms with Gasteiger partial charge in [-0.2, -0.15) is 10.1 Å². The zero-order chi connectivity index (χ0) is 18.6. The number of fused-ring (bicyclic) bond motifs is 1. The molecule has 3 heterocycles. The van der Waals surface area contributed by atoms with Gasteiger partial charge in [0, 0.05) is 38.1 Å². The first-order valence-corrected chi connectivity index (χ1v) is 9.31. The van der Waals surface area contributed by atoms with Gasteiger partial charge in [0.15, 0.2) is 5.82 Å². The van der Waals surface area contributed by atoms with Crippen molar-refractivity contribution in [3.8, 4) is 5.75 Å². The van der Waals surface area contributed by atoms with E-state index in [0.29, 0.717) is 13.0 Å². The summed E-state index contributed by atoms with van der Waals surface area (Å²) in [5.41, 5.74) is 2.05. The van der Waals surface area contributed by atoms with Crippen molar-refractivity contribution >= 4 is 10.9 Å². The summed E-state index contributed by atoms with van der Waals surface area (Å²) in [6, 6.07) is 5.99. The fourth-order valence-electron chi connectivity index (χ4n) is 3.65. The zero-order valence-corrected chi connectivity index (χ0v) is 15.8. The highest BCUT2D eigenvalue weighted by Crippen LogP contribution is 2.28. The molecule has 1 aliphatic rings. The minimum absolute atomic E-state index is 0.275. The zero-order valence-electron chi connectivity index (χ0n) is 15.8. The monoisotopic (exact) mass is 371 g/mol. The fraction of sp³-hybridized carbons (Fsp3) is 0.526. The van der Waals surface area contributed by atoms with E-state index in [1.54, 1.807) is 14.2 Å². The fourth-order valence-corrected chi connectivity index (χ4v) is 3.65. The van der Waals surface area contributed by atoms with Crippen LogP contribution in [-0.4, -0.2) is 59.2 Å². The van der Waals surface area contributed by atoms with E-state index in [4.69, 9.17) is 14.0 Å². The summed E-state index contributed by atoms with van der Waals surface area (Å²) in [7, 11) is 3.34. The van der Waals surface area contributed by atoms with E-state index >= 15 is 0 Å². The van der Waals surface area contributed by atoms with Crippen molar-refractivity contribution in [2.45, 2.75) is 31.7 Å². The third-order valence-electron chi connectivity index (χ3n) is 5.09. The third kappa shape index (κ3) is 3.96. The molecule has 1 aromatic carbocycles. The Morgan fingerprint density at radius 2 is 2.26 bits per heavy atom. The van der Waals surface area contributed by atoms with Crippen LogP contribution in [0.2, 0.25) is 0 Å². The molecule has 0 unspecified atom stereocenters. The average Bonchev–Trinajstić information content (AvgIpc) is 3.33. The normalized spacial score (nSPS) is 18.2. The lowest BCUT2D eigenvalue weighted by molar-refractivity contribution is 0.179. The van der Waals surface area contributed by atoms with E-state index in [-0.39, 0.29) is 5.92 Å². The molecule has 27 heavy (non-hydrogen) atoms. The van der Waals surface area contributed by atoms with Crippen LogP contribution < -0.4 is 4.74 Å². The lowest BCUT2D eigenvalue weighted by Crippen LogP contribution is -2.34. The van der Waals surface area contributed by atoms with Crippen molar-refractivity contribution in [1.29, 1.82) is 0 Å². The molecule has 0 aliphatic carbocycles. The van der Waals surface area contributed by atoms with Crippen LogP contribution in [-0.2, 0) is 17.7 Å². The van der Waals surface area contributed by atoms with Crippen LogP contribution in [0.3, 0.4) is 0 Å². The molecule has 1 fully saturated rings. The Kier molecular flexibility index (Phi) is 5.35. The van der Waals surface area contributed by atoms with Crippen LogP contribution in [0.1, 0.15) is 36.2 Å². The number of benzene rings is 1. The van der Waals surface area contributed by atoms with Gasteiger partial charge >= 0.3 is 0 Å². The van der Waals surface area contributed by atoms with Gasteiger partial charge in [-0.25, -0.2) is 0 Å². The summed E-state index contributed by atoms with van der Waals surface area (Å²) in [4.78, 5) is 6.97. The summed E-state index contributed by atoms with van der Waals surface area (Å²) in [6.45, 7) is 3.39. The minimum Gasteiger partial charge on any atom is -0.497 e. The number of nitrogens with zero attached hydrogens (tertiary/aromatic N) is 4. The van der Waals surface area contributed by atoms with E-state index in [0.717, 1.165) is 66.5 Å². The van der Waals surface area contributed by atoms with Crippen molar-refractivity contribution in [2.75, 3.05) is 33.9 Å². The number of aromatic nitrogens is 4. The van der Waals surface area contributed by atoms with Gasteiger partial charge in [0.1, 0.15) is 5.75 Å². The molecule has 1 aliphatic heterocycles. The second-order valence-electron chi connectivity index (χ2n) is 6.95. The van der Waals surface area contributed by atoms with Gasteiger partial charge in [-0.05, 0) is 31.5 Å². The van der Waals surface area contributed by atoms with Crippen LogP contribution in [0.15, 0.2) is 22.7 Å². The molecule has 144 valence electrons. The molecule has 0 amide bonds. The largest absolute Gasteiger partial charge is 0.497 e. The number of methoxy groups -OCH3 is 2. The Morgan fingerprint density at radius 1 is 1.33 bits per heavy atom. The van der Waals surface area contributed by atoms with Gasteiger partial charge in [0.2, 0.25) is 5.89 Å². The van der Waals surface area contributed by atoms with Crippen LogP contribution in [0.4, 0.5) is 0 Å². The molecule has 0 bridgehead atoms. The molecule has 4 rings (SSSR count). The number of nitrogens with one attached hydrogen (secondary N) is 1. The summed E-state index contributed by atoms with van der Waals surface area (Å²) in [6.07, 6.45) is 2.86. The second kappa shape index (κ2) is 8.06. The van der Waals surface area contributed by atoms with Crippen molar-refractivity contribution in [3.63, 3.8) is 0 Å². The lowest BCUT2D eigenvalue weighted by atomic mass is 9.97. The highest BCUT2D eigenvalue weighted by atomic mass is 16.5. The number of hydrogen-bond donors (Lipinski definition) is 1. The Balaban J connectivity index is 1.43. The van der Waals surface area contributed by atoms with Crippen LogP contribution in [0.25, 0.3) is 10.9 Å². The van der Waals surface area contributed by atoms with E-state index in [1.165, 1.54) is 0 Å². The Labute approximate surface area is 157 Å². The number of rotatable bonds is 7. The molecule has 0 spiro atoms. The maximum Gasteiger partial charge on any atom is 0.231 e. The van der Waals surface area contributed by atoms with Gasteiger partial charge in [0.05, 0.1) is 30.8 Å². The van der Waals surface area contributed by atoms with Gasteiger partial charge < -0.3 is 14.0 Å². The molecular weight excluding hydrogens is 346 g/mol. The average molecular weight is 371 g/mol. The quantitative estimate of drug-likeness (QED) is 0.682. The summed E-state index contributed by atoms with van der Waals surface area (Å²) in [5, 5.41) is 12.8. The summed E-state index contributed by atoms with van der Waals surface area (Å²) < 4.78 is 15.9. The van der Waals surface area contributed by atoms with Crippen molar-refractivity contribution < 1.29 is 14.0 Å². The Hall–Kier alpha value is -2.45. The highest BCUT2D eigenvalue weighted by molar-refractivity contribution is 5.82. The predicted molar refractivity (Wildman–Crippen MR) is 99.8 cm³/mol. The molecule has 8 heteroatoms. The van der Waals surface area contributed by atoms with Crippen molar-refractivity contribution in [1.82, 2.24) is 25.2 Å². The summed E-state index contributed by atoms with van der Waals surface area (Å²) >= 11 is 0. The molecule has 3 aromatic rings. The molecule has 1 saturated heterocycles. The second-order valence-corrected chi connectivity index (χ2v) is 6.95. The number of aromatic amines is 1. The lowest BCUT2D eigenvalue weighted by Gasteiger charge is -2.30. The SMILES string of the molecule is COCCc1noc([C@H]2CCCN(Cc3[nH]nc4cc(OC)ccc34)C2)n1. The molecule has 8 nitrogen and oxygen atoms in total. The van der Waals surface area contributed by atoms with Gasteiger partial charge in [-0.15, -0.1) is 0 Å². The number of ether oxygens (including phenoxy) is 2.